The molecule has 0 radical (unpaired) electrons. The highest BCUT2D eigenvalue weighted by Crippen LogP contribution is 2.40. The van der Waals surface area contributed by atoms with Gasteiger partial charge in [0.05, 0.1) is 13.4 Å². The summed E-state index contributed by atoms with van der Waals surface area (Å²) in [6, 6.07) is 2.45. The van der Waals surface area contributed by atoms with Crippen molar-refractivity contribution in [2.24, 2.45) is 5.73 Å². The minimum atomic E-state index is -4.48. The van der Waals surface area contributed by atoms with E-state index in [1.807, 2.05) is 0 Å². The molecule has 0 atom stereocenters. The van der Waals surface area contributed by atoms with Crippen molar-refractivity contribution in [1.82, 2.24) is 0 Å². The zero-order valence-corrected chi connectivity index (χ0v) is 9.67. The fourth-order valence-corrected chi connectivity index (χ4v) is 1.97. The maximum atomic E-state index is 12.9. The van der Waals surface area contributed by atoms with Crippen molar-refractivity contribution in [3.63, 3.8) is 0 Å². The van der Waals surface area contributed by atoms with E-state index in [-0.39, 0.29) is 11.3 Å². The molecule has 0 aliphatic rings. The van der Waals surface area contributed by atoms with Crippen LogP contribution >= 0.6 is 0 Å². The van der Waals surface area contributed by atoms with Crippen LogP contribution in [0.25, 0.3) is 11.0 Å². The highest BCUT2D eigenvalue weighted by Gasteiger charge is 2.35. The summed E-state index contributed by atoms with van der Waals surface area (Å²) in [6.07, 6.45) is -2.82. The molecule has 2 N–H and O–H groups in total. The van der Waals surface area contributed by atoms with Gasteiger partial charge in [0.15, 0.2) is 0 Å². The van der Waals surface area contributed by atoms with E-state index in [1.54, 1.807) is 0 Å². The summed E-state index contributed by atoms with van der Waals surface area (Å²) in [6.45, 7) is 0.321. The summed E-state index contributed by atoms with van der Waals surface area (Å²) in [5.74, 6) is 0.182. The first-order valence-electron chi connectivity index (χ1n) is 5.33. The van der Waals surface area contributed by atoms with Crippen LogP contribution in [0.2, 0.25) is 0 Å². The molecule has 1 heterocycles. The molecule has 1 aromatic heterocycles. The summed E-state index contributed by atoms with van der Waals surface area (Å²) >= 11 is 0. The van der Waals surface area contributed by atoms with Crippen LogP contribution in [0.15, 0.2) is 22.8 Å². The third-order valence-electron chi connectivity index (χ3n) is 2.73. The van der Waals surface area contributed by atoms with E-state index in [2.05, 4.69) is 0 Å². The fraction of sp³-hybridized carbons (Fsp3) is 0.333. The molecule has 0 saturated carbocycles. The summed E-state index contributed by atoms with van der Waals surface area (Å²) in [4.78, 5) is 0. The highest BCUT2D eigenvalue weighted by molar-refractivity contribution is 5.87. The number of methoxy groups -OCH3 is 1. The van der Waals surface area contributed by atoms with Crippen molar-refractivity contribution in [1.29, 1.82) is 0 Å². The molecule has 0 unspecified atom stereocenters. The number of hydrogen-bond donors (Lipinski definition) is 1. The van der Waals surface area contributed by atoms with Crippen molar-refractivity contribution in [3.8, 4) is 5.75 Å². The molecule has 2 rings (SSSR count). The van der Waals surface area contributed by atoms with E-state index in [1.165, 1.54) is 19.4 Å². The Labute approximate surface area is 101 Å². The second kappa shape index (κ2) is 4.53. The number of furan rings is 1. The molecule has 2 aromatic rings. The normalized spacial score (nSPS) is 12.1. The van der Waals surface area contributed by atoms with Crippen LogP contribution in [0.1, 0.15) is 11.1 Å². The molecule has 6 heteroatoms. The monoisotopic (exact) mass is 259 g/mol. The summed E-state index contributed by atoms with van der Waals surface area (Å²) < 4.78 is 48.6. The zero-order chi connectivity index (χ0) is 13.3. The standard InChI is InChI=1S/C12H12F3NO2/c1-17-10-6-9(12(13,14)15)11-8(3-5-18-11)7(10)2-4-16/h3,5-6H,2,4,16H2,1H3. The topological polar surface area (TPSA) is 48.4 Å². The number of ether oxygens (including phenoxy) is 1. The van der Waals surface area contributed by atoms with Crippen LogP contribution in [0.4, 0.5) is 13.2 Å². The number of benzene rings is 1. The maximum absolute atomic E-state index is 12.9. The lowest BCUT2D eigenvalue weighted by Crippen LogP contribution is -2.09. The van der Waals surface area contributed by atoms with Gasteiger partial charge in [0.2, 0.25) is 0 Å². The van der Waals surface area contributed by atoms with Gasteiger partial charge in [-0.3, -0.25) is 0 Å². The molecule has 0 amide bonds. The van der Waals surface area contributed by atoms with E-state index in [0.29, 0.717) is 23.9 Å². The predicted octanol–water partition coefficient (Wildman–Crippen LogP) is 2.96. The Hall–Kier alpha value is -1.69. The molecular formula is C12H12F3NO2. The number of alkyl halides is 3. The average Bonchev–Trinajstić information content (AvgIpc) is 2.76. The Morgan fingerprint density at radius 1 is 1.39 bits per heavy atom. The van der Waals surface area contributed by atoms with Crippen molar-refractivity contribution in [2.45, 2.75) is 12.6 Å². The molecule has 1 aromatic carbocycles. The predicted molar refractivity (Wildman–Crippen MR) is 60.5 cm³/mol. The van der Waals surface area contributed by atoms with E-state index in [0.717, 1.165) is 6.07 Å². The van der Waals surface area contributed by atoms with Gasteiger partial charge in [-0.05, 0) is 25.1 Å². The van der Waals surface area contributed by atoms with Crippen LogP contribution < -0.4 is 10.5 Å². The first-order valence-corrected chi connectivity index (χ1v) is 5.33. The van der Waals surface area contributed by atoms with E-state index < -0.39 is 11.7 Å². The van der Waals surface area contributed by atoms with Crippen molar-refractivity contribution >= 4 is 11.0 Å². The second-order valence-corrected chi connectivity index (χ2v) is 3.80. The number of halogens is 3. The average molecular weight is 259 g/mol. The van der Waals surface area contributed by atoms with E-state index >= 15 is 0 Å². The van der Waals surface area contributed by atoms with Crippen LogP contribution in [-0.2, 0) is 12.6 Å². The van der Waals surface area contributed by atoms with Crippen molar-refractivity contribution in [3.05, 3.63) is 29.5 Å². The van der Waals surface area contributed by atoms with Gasteiger partial charge in [-0.25, -0.2) is 0 Å². The van der Waals surface area contributed by atoms with E-state index in [4.69, 9.17) is 14.9 Å². The molecule has 0 spiro atoms. The van der Waals surface area contributed by atoms with Gasteiger partial charge in [0, 0.05) is 10.9 Å². The number of hydrogen-bond acceptors (Lipinski definition) is 3. The summed E-state index contributed by atoms with van der Waals surface area (Å²) in [7, 11) is 1.33. The quantitative estimate of drug-likeness (QED) is 0.921. The summed E-state index contributed by atoms with van der Waals surface area (Å²) in [5, 5.41) is 0.395. The van der Waals surface area contributed by atoms with Gasteiger partial charge in [0.1, 0.15) is 16.9 Å². The molecule has 18 heavy (non-hydrogen) atoms. The van der Waals surface area contributed by atoms with Gasteiger partial charge < -0.3 is 14.9 Å². The molecule has 0 saturated heterocycles. The molecule has 0 aliphatic carbocycles. The third kappa shape index (κ3) is 2.03. The molecule has 3 nitrogen and oxygen atoms in total. The molecule has 0 bridgehead atoms. The minimum absolute atomic E-state index is 0.174. The maximum Gasteiger partial charge on any atom is 0.420 e. The van der Waals surface area contributed by atoms with Crippen molar-refractivity contribution in [2.75, 3.05) is 13.7 Å². The summed E-state index contributed by atoms with van der Waals surface area (Å²) in [5.41, 5.74) is 5.09. The Morgan fingerprint density at radius 2 is 2.11 bits per heavy atom. The Kier molecular flexibility index (Phi) is 3.21. The van der Waals surface area contributed by atoms with Crippen LogP contribution in [0.5, 0.6) is 5.75 Å². The molecule has 0 aliphatic heterocycles. The number of nitrogens with two attached hydrogens (primary N) is 1. The largest absolute Gasteiger partial charge is 0.496 e. The zero-order valence-electron chi connectivity index (χ0n) is 9.67. The Bertz CT molecular complexity index is 560. The molecular weight excluding hydrogens is 247 g/mol. The Morgan fingerprint density at radius 3 is 2.67 bits per heavy atom. The van der Waals surface area contributed by atoms with Gasteiger partial charge >= 0.3 is 6.18 Å². The molecule has 98 valence electrons. The fourth-order valence-electron chi connectivity index (χ4n) is 1.97. The first kappa shape index (κ1) is 12.8. The third-order valence-corrected chi connectivity index (χ3v) is 2.73. The lowest BCUT2D eigenvalue weighted by molar-refractivity contribution is -0.136. The van der Waals surface area contributed by atoms with Gasteiger partial charge in [-0.2, -0.15) is 13.2 Å². The smallest absolute Gasteiger partial charge is 0.420 e. The lowest BCUT2D eigenvalue weighted by atomic mass is 10.0. The number of fused-ring (bicyclic) bond motifs is 1. The Balaban J connectivity index is 2.76. The highest BCUT2D eigenvalue weighted by atomic mass is 19.4. The van der Waals surface area contributed by atoms with Crippen molar-refractivity contribution < 1.29 is 22.3 Å². The molecule has 0 fully saturated rings. The van der Waals surface area contributed by atoms with Gasteiger partial charge in [0.25, 0.3) is 0 Å². The van der Waals surface area contributed by atoms with Gasteiger partial charge in [-0.15, -0.1) is 0 Å². The van der Waals surface area contributed by atoms with Crippen LogP contribution in [0.3, 0.4) is 0 Å². The minimum Gasteiger partial charge on any atom is -0.496 e. The number of rotatable bonds is 3. The SMILES string of the molecule is COc1cc(C(F)(F)F)c2occc2c1CCN. The van der Waals surface area contributed by atoms with Gasteiger partial charge in [-0.1, -0.05) is 0 Å². The first-order chi connectivity index (χ1) is 8.49. The van der Waals surface area contributed by atoms with Crippen LogP contribution in [0, 0.1) is 0 Å². The lowest BCUT2D eigenvalue weighted by Gasteiger charge is -2.13. The second-order valence-electron chi connectivity index (χ2n) is 3.80. The van der Waals surface area contributed by atoms with E-state index in [9.17, 15) is 13.2 Å². The van der Waals surface area contributed by atoms with Crippen LogP contribution in [-0.4, -0.2) is 13.7 Å².